The Bertz CT molecular complexity index is 421. The monoisotopic (exact) mass is 238 g/mol. The second-order valence-electron chi connectivity index (χ2n) is 3.78. The largest absolute Gasteiger partial charge is 0.358 e. The van der Waals surface area contributed by atoms with Crippen molar-refractivity contribution in [1.82, 2.24) is 10.2 Å². The number of carbonyl (C=O) groups is 2. The van der Waals surface area contributed by atoms with E-state index in [0.29, 0.717) is 5.56 Å². The molecule has 92 valence electrons. The van der Waals surface area contributed by atoms with E-state index in [-0.39, 0.29) is 24.8 Å². The molecule has 0 saturated heterocycles. The quantitative estimate of drug-likeness (QED) is 0.768. The van der Waals surface area contributed by atoms with Crippen LogP contribution in [0.15, 0.2) is 24.3 Å². The number of amides is 1. The summed E-state index contributed by atoms with van der Waals surface area (Å²) >= 11 is 0. The van der Waals surface area contributed by atoms with Crippen LogP contribution in [0, 0.1) is 5.82 Å². The van der Waals surface area contributed by atoms with Crippen LogP contribution in [0.4, 0.5) is 4.39 Å². The van der Waals surface area contributed by atoms with E-state index in [4.69, 9.17) is 0 Å². The second kappa shape index (κ2) is 6.10. The minimum absolute atomic E-state index is 0.0802. The van der Waals surface area contributed by atoms with Crippen LogP contribution in [0.1, 0.15) is 10.4 Å². The lowest BCUT2D eigenvalue weighted by Crippen LogP contribution is -2.36. The standard InChI is InChI=1S/C12H15FN2O2/c1-14-12(17)8-15(2)7-11(16)9-4-3-5-10(13)6-9/h3-6H,7-8H2,1-2H3,(H,14,17). The molecule has 0 fully saturated rings. The van der Waals surface area contributed by atoms with Gasteiger partial charge in [0.2, 0.25) is 5.91 Å². The van der Waals surface area contributed by atoms with Gasteiger partial charge in [0.1, 0.15) is 5.82 Å². The number of likely N-dealkylation sites (N-methyl/N-ethyl adjacent to an activating group) is 2. The molecule has 1 amide bonds. The molecular formula is C12H15FN2O2. The molecule has 17 heavy (non-hydrogen) atoms. The summed E-state index contributed by atoms with van der Waals surface area (Å²) in [6.45, 7) is 0.217. The maximum absolute atomic E-state index is 12.9. The molecule has 0 aromatic heterocycles. The van der Waals surface area contributed by atoms with Gasteiger partial charge < -0.3 is 5.32 Å². The van der Waals surface area contributed by atoms with E-state index in [1.165, 1.54) is 25.2 Å². The summed E-state index contributed by atoms with van der Waals surface area (Å²) in [5.41, 5.74) is 0.314. The Kier molecular flexibility index (Phi) is 4.78. The highest BCUT2D eigenvalue weighted by Gasteiger charge is 2.11. The first-order chi connectivity index (χ1) is 8.02. The number of benzene rings is 1. The summed E-state index contributed by atoms with van der Waals surface area (Å²) in [7, 11) is 3.19. The Hall–Kier alpha value is -1.75. The fraction of sp³-hybridized carbons (Fsp3) is 0.333. The molecule has 1 N–H and O–H groups in total. The number of ketones is 1. The molecule has 0 aliphatic carbocycles. The molecule has 1 aromatic carbocycles. The zero-order chi connectivity index (χ0) is 12.8. The average Bonchev–Trinajstić information content (AvgIpc) is 2.28. The van der Waals surface area contributed by atoms with Crippen molar-refractivity contribution in [3.8, 4) is 0 Å². The van der Waals surface area contributed by atoms with E-state index in [1.807, 2.05) is 0 Å². The summed E-state index contributed by atoms with van der Waals surface area (Å²) in [6, 6.07) is 5.52. The van der Waals surface area contributed by atoms with Gasteiger partial charge in [0.15, 0.2) is 5.78 Å². The maximum Gasteiger partial charge on any atom is 0.233 e. The molecule has 4 nitrogen and oxygen atoms in total. The molecular weight excluding hydrogens is 223 g/mol. The molecule has 0 unspecified atom stereocenters. The van der Waals surface area contributed by atoms with Crippen LogP contribution in [-0.2, 0) is 4.79 Å². The zero-order valence-electron chi connectivity index (χ0n) is 9.87. The topological polar surface area (TPSA) is 49.4 Å². The number of Topliss-reactive ketones (excluding diaryl/α,β-unsaturated/α-hetero) is 1. The molecule has 1 rings (SSSR count). The molecule has 0 bridgehead atoms. The number of nitrogens with one attached hydrogen (secondary N) is 1. The molecule has 5 heteroatoms. The summed E-state index contributed by atoms with van der Waals surface area (Å²) < 4.78 is 12.9. The molecule has 0 spiro atoms. The number of hydrogen-bond acceptors (Lipinski definition) is 3. The van der Waals surface area contributed by atoms with Crippen molar-refractivity contribution in [3.63, 3.8) is 0 Å². The number of hydrogen-bond donors (Lipinski definition) is 1. The minimum Gasteiger partial charge on any atom is -0.358 e. The van der Waals surface area contributed by atoms with Crippen LogP contribution >= 0.6 is 0 Å². The first-order valence-corrected chi connectivity index (χ1v) is 5.21. The Balaban J connectivity index is 2.57. The van der Waals surface area contributed by atoms with Gasteiger partial charge in [0, 0.05) is 12.6 Å². The maximum atomic E-state index is 12.9. The van der Waals surface area contributed by atoms with Gasteiger partial charge >= 0.3 is 0 Å². The van der Waals surface area contributed by atoms with Gasteiger partial charge in [-0.2, -0.15) is 0 Å². The lowest BCUT2D eigenvalue weighted by atomic mass is 10.1. The Morgan fingerprint density at radius 1 is 1.35 bits per heavy atom. The van der Waals surface area contributed by atoms with Crippen molar-refractivity contribution in [1.29, 1.82) is 0 Å². The van der Waals surface area contributed by atoms with Gasteiger partial charge in [-0.05, 0) is 19.2 Å². The third-order valence-electron chi connectivity index (χ3n) is 2.25. The zero-order valence-corrected chi connectivity index (χ0v) is 9.87. The first-order valence-electron chi connectivity index (χ1n) is 5.21. The van der Waals surface area contributed by atoms with E-state index in [2.05, 4.69) is 5.32 Å². The fourth-order valence-corrected chi connectivity index (χ4v) is 1.38. The SMILES string of the molecule is CNC(=O)CN(C)CC(=O)c1cccc(F)c1. The summed E-state index contributed by atoms with van der Waals surface area (Å²) in [5.74, 6) is -0.819. The van der Waals surface area contributed by atoms with Gasteiger partial charge in [-0.3, -0.25) is 14.5 Å². The highest BCUT2D eigenvalue weighted by atomic mass is 19.1. The van der Waals surface area contributed by atoms with Crippen LogP contribution in [-0.4, -0.2) is 43.8 Å². The molecule has 1 aromatic rings. The molecule has 0 atom stereocenters. The van der Waals surface area contributed by atoms with Crippen LogP contribution < -0.4 is 5.32 Å². The Labute approximate surface area is 99.4 Å². The van der Waals surface area contributed by atoms with Crippen molar-refractivity contribution in [2.75, 3.05) is 27.2 Å². The van der Waals surface area contributed by atoms with Crippen molar-refractivity contribution >= 4 is 11.7 Å². The summed E-state index contributed by atoms with van der Waals surface area (Å²) in [6.07, 6.45) is 0. The van der Waals surface area contributed by atoms with Crippen LogP contribution in [0.2, 0.25) is 0 Å². The van der Waals surface area contributed by atoms with Crippen LogP contribution in [0.3, 0.4) is 0 Å². The normalized spacial score (nSPS) is 10.4. The van der Waals surface area contributed by atoms with Gasteiger partial charge in [0.05, 0.1) is 13.1 Å². The van der Waals surface area contributed by atoms with Gasteiger partial charge in [0.25, 0.3) is 0 Å². The Morgan fingerprint density at radius 2 is 2.06 bits per heavy atom. The van der Waals surface area contributed by atoms with Crippen molar-refractivity contribution in [2.24, 2.45) is 0 Å². The van der Waals surface area contributed by atoms with Crippen molar-refractivity contribution < 1.29 is 14.0 Å². The van der Waals surface area contributed by atoms with E-state index >= 15 is 0 Å². The third-order valence-corrected chi connectivity index (χ3v) is 2.25. The molecule has 0 saturated carbocycles. The highest BCUT2D eigenvalue weighted by Crippen LogP contribution is 2.05. The van der Waals surface area contributed by atoms with Gasteiger partial charge in [-0.25, -0.2) is 4.39 Å². The lowest BCUT2D eigenvalue weighted by molar-refractivity contribution is -0.121. The van der Waals surface area contributed by atoms with Crippen molar-refractivity contribution in [2.45, 2.75) is 0 Å². The predicted molar refractivity (Wildman–Crippen MR) is 62.3 cm³/mol. The number of halogens is 1. The predicted octanol–water partition coefficient (Wildman–Crippen LogP) is 0.686. The molecule has 0 heterocycles. The van der Waals surface area contributed by atoms with E-state index in [1.54, 1.807) is 18.0 Å². The van der Waals surface area contributed by atoms with Crippen LogP contribution in [0.25, 0.3) is 0 Å². The lowest BCUT2D eigenvalue weighted by Gasteiger charge is -2.14. The average molecular weight is 238 g/mol. The smallest absolute Gasteiger partial charge is 0.233 e. The summed E-state index contributed by atoms with van der Waals surface area (Å²) in [4.78, 5) is 24.4. The molecule has 0 radical (unpaired) electrons. The number of carbonyl (C=O) groups excluding carboxylic acids is 2. The van der Waals surface area contributed by atoms with E-state index in [9.17, 15) is 14.0 Å². The van der Waals surface area contributed by atoms with Gasteiger partial charge in [-0.1, -0.05) is 12.1 Å². The number of nitrogens with zero attached hydrogens (tertiary/aromatic N) is 1. The third kappa shape index (κ3) is 4.32. The van der Waals surface area contributed by atoms with Crippen molar-refractivity contribution in [3.05, 3.63) is 35.6 Å². The Morgan fingerprint density at radius 3 is 2.65 bits per heavy atom. The van der Waals surface area contributed by atoms with Gasteiger partial charge in [-0.15, -0.1) is 0 Å². The van der Waals surface area contributed by atoms with E-state index < -0.39 is 5.82 Å². The molecule has 0 aliphatic rings. The summed E-state index contributed by atoms with van der Waals surface area (Å²) in [5, 5.41) is 2.47. The minimum atomic E-state index is -0.440. The molecule has 0 aliphatic heterocycles. The van der Waals surface area contributed by atoms with Crippen LogP contribution in [0.5, 0.6) is 0 Å². The first kappa shape index (κ1) is 13.3. The number of rotatable bonds is 5. The van der Waals surface area contributed by atoms with E-state index in [0.717, 1.165) is 0 Å². The second-order valence-corrected chi connectivity index (χ2v) is 3.78. The fourth-order valence-electron chi connectivity index (χ4n) is 1.38. The highest BCUT2D eigenvalue weighted by molar-refractivity contribution is 5.97.